The molecule has 0 aliphatic carbocycles. The highest BCUT2D eigenvalue weighted by molar-refractivity contribution is 9.10. The molecule has 0 radical (unpaired) electrons. The van der Waals surface area contributed by atoms with Crippen molar-refractivity contribution < 1.29 is 4.39 Å². The average molecular weight is 398 g/mol. The van der Waals surface area contributed by atoms with Gasteiger partial charge in [0.25, 0.3) is 0 Å². The largest absolute Gasteiger partial charge is 0.316 e. The van der Waals surface area contributed by atoms with E-state index in [0.717, 1.165) is 41.9 Å². The third kappa shape index (κ3) is 4.38. The Balaban J connectivity index is 1.77. The van der Waals surface area contributed by atoms with Crippen LogP contribution in [0.1, 0.15) is 22.6 Å². The molecule has 1 unspecified atom stereocenters. The lowest BCUT2D eigenvalue weighted by molar-refractivity contribution is 0.219. The zero-order valence-corrected chi connectivity index (χ0v) is 15.6. The molecule has 124 valence electrons. The van der Waals surface area contributed by atoms with Gasteiger partial charge in [0.1, 0.15) is 5.82 Å². The molecule has 1 aliphatic rings. The first kappa shape index (κ1) is 17.0. The van der Waals surface area contributed by atoms with Crippen LogP contribution in [0.25, 0.3) is 0 Å². The van der Waals surface area contributed by atoms with Gasteiger partial charge in [0.2, 0.25) is 0 Å². The van der Waals surface area contributed by atoms with Gasteiger partial charge in [-0.2, -0.15) is 0 Å². The molecule has 1 N–H and O–H groups in total. The van der Waals surface area contributed by atoms with E-state index < -0.39 is 0 Å². The van der Waals surface area contributed by atoms with Crippen LogP contribution in [0.3, 0.4) is 0 Å². The standard InChI is InChI=1S/C17H21BrFN3S/c1-12-17(23-11-21-12)10-22(8-13-5-6-20-7-13)9-14-15(18)3-2-4-16(14)19/h2-4,11,13,20H,5-10H2,1H3. The van der Waals surface area contributed by atoms with E-state index in [9.17, 15) is 4.39 Å². The maximum absolute atomic E-state index is 14.2. The minimum Gasteiger partial charge on any atom is -0.316 e. The maximum Gasteiger partial charge on any atom is 0.128 e. The van der Waals surface area contributed by atoms with Crippen molar-refractivity contribution in [3.63, 3.8) is 0 Å². The number of nitrogens with one attached hydrogen (secondary N) is 1. The number of halogens is 2. The monoisotopic (exact) mass is 397 g/mol. The second-order valence-electron chi connectivity index (χ2n) is 6.09. The Morgan fingerprint density at radius 1 is 1.43 bits per heavy atom. The molecule has 1 saturated heterocycles. The van der Waals surface area contributed by atoms with Gasteiger partial charge in [0.05, 0.1) is 11.2 Å². The summed E-state index contributed by atoms with van der Waals surface area (Å²) in [7, 11) is 0. The smallest absolute Gasteiger partial charge is 0.128 e. The minimum absolute atomic E-state index is 0.144. The molecule has 23 heavy (non-hydrogen) atoms. The van der Waals surface area contributed by atoms with E-state index in [1.165, 1.54) is 17.4 Å². The number of hydrogen-bond donors (Lipinski definition) is 1. The Hall–Kier alpha value is -0.820. The lowest BCUT2D eigenvalue weighted by Gasteiger charge is -2.25. The predicted molar refractivity (Wildman–Crippen MR) is 96.0 cm³/mol. The van der Waals surface area contributed by atoms with E-state index in [1.807, 2.05) is 18.5 Å². The zero-order chi connectivity index (χ0) is 16.2. The van der Waals surface area contributed by atoms with Crippen molar-refractivity contribution in [2.45, 2.75) is 26.4 Å². The normalized spacial score (nSPS) is 18.0. The number of benzene rings is 1. The molecule has 1 aliphatic heterocycles. The van der Waals surface area contributed by atoms with Crippen LogP contribution in [-0.2, 0) is 13.1 Å². The summed E-state index contributed by atoms with van der Waals surface area (Å²) >= 11 is 5.17. The Kier molecular flexibility index (Phi) is 5.80. The number of aryl methyl sites for hydroxylation is 1. The highest BCUT2D eigenvalue weighted by Gasteiger charge is 2.21. The predicted octanol–water partition coefficient (Wildman–Crippen LogP) is 3.96. The number of thiazole rings is 1. The van der Waals surface area contributed by atoms with E-state index in [0.29, 0.717) is 12.5 Å². The van der Waals surface area contributed by atoms with Crippen LogP contribution >= 0.6 is 27.3 Å². The maximum atomic E-state index is 14.2. The summed E-state index contributed by atoms with van der Waals surface area (Å²) in [6, 6.07) is 5.18. The molecular formula is C17H21BrFN3S. The molecular weight excluding hydrogens is 377 g/mol. The first-order chi connectivity index (χ1) is 11.1. The van der Waals surface area contributed by atoms with Crippen LogP contribution in [0.4, 0.5) is 4.39 Å². The lowest BCUT2D eigenvalue weighted by Crippen LogP contribution is -2.30. The molecule has 0 saturated carbocycles. The van der Waals surface area contributed by atoms with Crippen molar-refractivity contribution in [1.82, 2.24) is 15.2 Å². The van der Waals surface area contributed by atoms with E-state index in [-0.39, 0.29) is 5.82 Å². The highest BCUT2D eigenvalue weighted by Crippen LogP contribution is 2.25. The zero-order valence-electron chi connectivity index (χ0n) is 13.2. The van der Waals surface area contributed by atoms with Gasteiger partial charge < -0.3 is 5.32 Å². The molecule has 2 heterocycles. The topological polar surface area (TPSA) is 28.2 Å². The Morgan fingerprint density at radius 3 is 2.96 bits per heavy atom. The van der Waals surface area contributed by atoms with Gasteiger partial charge >= 0.3 is 0 Å². The minimum atomic E-state index is -0.144. The Bertz CT molecular complexity index is 635. The Morgan fingerprint density at radius 2 is 2.30 bits per heavy atom. The van der Waals surface area contributed by atoms with Crippen molar-refractivity contribution in [3.8, 4) is 0 Å². The van der Waals surface area contributed by atoms with Crippen molar-refractivity contribution in [2.75, 3.05) is 19.6 Å². The van der Waals surface area contributed by atoms with Crippen molar-refractivity contribution in [3.05, 3.63) is 50.1 Å². The van der Waals surface area contributed by atoms with Crippen LogP contribution < -0.4 is 5.32 Å². The molecule has 6 heteroatoms. The van der Waals surface area contributed by atoms with Crippen molar-refractivity contribution in [2.24, 2.45) is 5.92 Å². The van der Waals surface area contributed by atoms with Crippen LogP contribution in [0, 0.1) is 18.7 Å². The van der Waals surface area contributed by atoms with E-state index in [1.54, 1.807) is 17.4 Å². The lowest BCUT2D eigenvalue weighted by atomic mass is 10.1. The fourth-order valence-electron chi connectivity index (χ4n) is 3.01. The van der Waals surface area contributed by atoms with E-state index >= 15 is 0 Å². The summed E-state index contributed by atoms with van der Waals surface area (Å²) in [6.45, 7) is 6.60. The molecule has 2 aromatic rings. The SMILES string of the molecule is Cc1ncsc1CN(Cc1c(F)cccc1Br)CC1CCNC1. The first-order valence-electron chi connectivity index (χ1n) is 7.88. The van der Waals surface area contributed by atoms with Gasteiger partial charge in [-0.15, -0.1) is 11.3 Å². The van der Waals surface area contributed by atoms with E-state index in [2.05, 4.69) is 31.1 Å². The molecule has 0 bridgehead atoms. The molecule has 1 fully saturated rings. The van der Waals surface area contributed by atoms with E-state index in [4.69, 9.17) is 0 Å². The third-order valence-corrected chi connectivity index (χ3v) is 6.00. The number of nitrogens with zero attached hydrogens (tertiary/aromatic N) is 2. The summed E-state index contributed by atoms with van der Waals surface area (Å²) in [5.41, 5.74) is 3.71. The van der Waals surface area contributed by atoms with Gasteiger partial charge in [0.15, 0.2) is 0 Å². The Labute approximate surface area is 149 Å². The van der Waals surface area contributed by atoms with Gasteiger partial charge in [-0.1, -0.05) is 22.0 Å². The molecule has 3 nitrogen and oxygen atoms in total. The second-order valence-corrected chi connectivity index (χ2v) is 7.88. The molecule has 1 aromatic carbocycles. The van der Waals surface area contributed by atoms with Crippen molar-refractivity contribution in [1.29, 1.82) is 0 Å². The van der Waals surface area contributed by atoms with Crippen LogP contribution in [-0.4, -0.2) is 29.5 Å². The van der Waals surface area contributed by atoms with Crippen LogP contribution in [0.15, 0.2) is 28.2 Å². The van der Waals surface area contributed by atoms with Gasteiger partial charge in [-0.05, 0) is 44.5 Å². The number of hydrogen-bond acceptors (Lipinski definition) is 4. The number of rotatable bonds is 6. The fourth-order valence-corrected chi connectivity index (χ4v) is 4.29. The molecule has 1 aromatic heterocycles. The summed E-state index contributed by atoms with van der Waals surface area (Å²) in [5.74, 6) is 0.490. The third-order valence-electron chi connectivity index (χ3n) is 4.33. The first-order valence-corrected chi connectivity index (χ1v) is 9.55. The van der Waals surface area contributed by atoms with Gasteiger partial charge in [0, 0.05) is 34.5 Å². The summed E-state index contributed by atoms with van der Waals surface area (Å²) < 4.78 is 15.0. The van der Waals surface area contributed by atoms with Crippen LogP contribution in [0.5, 0.6) is 0 Å². The quantitative estimate of drug-likeness (QED) is 0.799. The molecule has 0 spiro atoms. The highest BCUT2D eigenvalue weighted by atomic mass is 79.9. The van der Waals surface area contributed by atoms with Crippen LogP contribution in [0.2, 0.25) is 0 Å². The summed E-state index contributed by atoms with van der Waals surface area (Å²) in [4.78, 5) is 7.96. The van der Waals surface area contributed by atoms with Gasteiger partial charge in [-0.25, -0.2) is 9.37 Å². The molecule has 3 rings (SSSR count). The fraction of sp³-hybridized carbons (Fsp3) is 0.471. The van der Waals surface area contributed by atoms with Gasteiger partial charge in [-0.3, -0.25) is 4.90 Å². The second kappa shape index (κ2) is 7.83. The average Bonchev–Trinajstić information content (AvgIpc) is 3.16. The molecule has 0 amide bonds. The summed E-state index contributed by atoms with van der Waals surface area (Å²) in [5, 5.41) is 3.41. The molecule has 1 atom stereocenters. The number of aromatic nitrogens is 1. The van der Waals surface area contributed by atoms with Crippen molar-refractivity contribution >= 4 is 27.3 Å². The summed E-state index contributed by atoms with van der Waals surface area (Å²) in [6.07, 6.45) is 1.19.